The Balaban J connectivity index is 1.89. The van der Waals surface area contributed by atoms with Crippen molar-refractivity contribution in [2.45, 2.75) is 64.5 Å². The predicted molar refractivity (Wildman–Crippen MR) is 119 cm³/mol. The molecule has 9 heteroatoms. The van der Waals surface area contributed by atoms with Gasteiger partial charge in [-0.3, -0.25) is 19.1 Å². The van der Waals surface area contributed by atoms with Gasteiger partial charge >= 0.3 is 5.69 Å². The Hall–Kier alpha value is -2.99. The number of aromatic amines is 1. The summed E-state index contributed by atoms with van der Waals surface area (Å²) in [4.78, 5) is 48.1. The molecular weight excluding hydrogens is 410 g/mol. The van der Waals surface area contributed by atoms with Gasteiger partial charge in [0.2, 0.25) is 0 Å². The zero-order valence-electron chi connectivity index (χ0n) is 18.6. The number of H-pyrrole nitrogens is 1. The molecule has 3 heterocycles. The lowest BCUT2D eigenvalue weighted by Crippen LogP contribution is -2.44. The van der Waals surface area contributed by atoms with Crippen LogP contribution in [-0.2, 0) is 11.3 Å². The molecular formula is C23H29N5O4. The van der Waals surface area contributed by atoms with E-state index in [0.717, 1.165) is 18.5 Å². The number of aromatic nitrogens is 3. The zero-order chi connectivity index (χ0) is 22.8. The van der Waals surface area contributed by atoms with Gasteiger partial charge in [-0.15, -0.1) is 0 Å². The van der Waals surface area contributed by atoms with Gasteiger partial charge in [-0.25, -0.2) is 9.78 Å². The number of hydrogen-bond donors (Lipinski definition) is 1. The zero-order valence-corrected chi connectivity index (χ0v) is 18.6. The molecule has 0 bridgehead atoms. The molecule has 0 unspecified atom stereocenters. The first-order chi connectivity index (χ1) is 15.4. The topological polar surface area (TPSA) is 121 Å². The van der Waals surface area contributed by atoms with Gasteiger partial charge in [-0.05, 0) is 37.7 Å². The van der Waals surface area contributed by atoms with Crippen LogP contribution in [0, 0.1) is 17.2 Å². The van der Waals surface area contributed by atoms with Crippen LogP contribution < -0.4 is 11.2 Å². The van der Waals surface area contributed by atoms with Gasteiger partial charge in [0, 0.05) is 44.0 Å². The van der Waals surface area contributed by atoms with Gasteiger partial charge in [0.1, 0.15) is 0 Å². The molecule has 9 nitrogen and oxygen atoms in total. The van der Waals surface area contributed by atoms with E-state index in [4.69, 9.17) is 10.00 Å². The summed E-state index contributed by atoms with van der Waals surface area (Å²) in [5.74, 6) is 0.104. The summed E-state index contributed by atoms with van der Waals surface area (Å²) in [6, 6.07) is 3.78. The molecule has 1 saturated carbocycles. The maximum absolute atomic E-state index is 13.8. The molecule has 2 aromatic heterocycles. The fourth-order valence-corrected chi connectivity index (χ4v) is 4.36. The average Bonchev–Trinajstić information content (AvgIpc) is 3.62. The van der Waals surface area contributed by atoms with Crippen molar-refractivity contribution in [1.82, 2.24) is 19.4 Å². The van der Waals surface area contributed by atoms with Crippen molar-refractivity contribution in [1.29, 1.82) is 5.26 Å². The lowest BCUT2D eigenvalue weighted by molar-refractivity contribution is 0.0297. The number of amides is 1. The minimum Gasteiger partial charge on any atom is -0.381 e. The summed E-state index contributed by atoms with van der Waals surface area (Å²) in [5.41, 5.74) is 0.166. The van der Waals surface area contributed by atoms with Crippen molar-refractivity contribution >= 4 is 16.9 Å². The monoisotopic (exact) mass is 439 g/mol. The Morgan fingerprint density at radius 1 is 1.31 bits per heavy atom. The number of carbonyl (C=O) groups excluding carboxylic acids is 1. The summed E-state index contributed by atoms with van der Waals surface area (Å²) in [6.45, 7) is 5.74. The normalized spacial score (nSPS) is 16.9. The molecule has 0 aromatic carbocycles. The first kappa shape index (κ1) is 22.2. The molecule has 4 rings (SSSR count). The third-order valence-electron chi connectivity index (χ3n) is 6.10. The van der Waals surface area contributed by atoms with Crippen molar-refractivity contribution in [2.24, 2.45) is 5.92 Å². The molecule has 170 valence electrons. The van der Waals surface area contributed by atoms with Gasteiger partial charge in [0.05, 0.1) is 23.4 Å². The van der Waals surface area contributed by atoms with Gasteiger partial charge in [-0.2, -0.15) is 5.26 Å². The molecule has 2 aliphatic rings. The van der Waals surface area contributed by atoms with Crippen molar-refractivity contribution in [3.05, 3.63) is 38.2 Å². The smallest absolute Gasteiger partial charge is 0.330 e. The highest BCUT2D eigenvalue weighted by Crippen LogP contribution is 2.40. The number of nitrogens with zero attached hydrogens (tertiary/aromatic N) is 4. The summed E-state index contributed by atoms with van der Waals surface area (Å²) < 4.78 is 6.92. The van der Waals surface area contributed by atoms with Crippen LogP contribution in [0.4, 0.5) is 0 Å². The molecule has 1 aliphatic heterocycles. The van der Waals surface area contributed by atoms with Crippen LogP contribution in [0.3, 0.4) is 0 Å². The van der Waals surface area contributed by atoms with Gasteiger partial charge in [0.25, 0.3) is 11.5 Å². The van der Waals surface area contributed by atoms with E-state index in [1.165, 1.54) is 4.57 Å². The van der Waals surface area contributed by atoms with E-state index in [-0.39, 0.29) is 53.3 Å². The largest absolute Gasteiger partial charge is 0.381 e. The highest BCUT2D eigenvalue weighted by atomic mass is 16.5. The van der Waals surface area contributed by atoms with Crippen molar-refractivity contribution in [3.63, 3.8) is 0 Å². The quantitative estimate of drug-likeness (QED) is 0.706. The minimum absolute atomic E-state index is 0.0576. The number of fused-ring (bicyclic) bond motifs is 1. The van der Waals surface area contributed by atoms with Crippen LogP contribution in [0.25, 0.3) is 11.0 Å². The standard InChI is InChI=1S/C23H29N5O4/c1-14(2)13-28-20-19(21(29)26-23(28)31)17(12-18(25-20)15-4-5-15)22(30)27(9-3-8-24)16-6-10-32-11-7-16/h12,14-16H,3-7,9-11,13H2,1-2H3,(H,26,29,31). The molecule has 1 saturated heterocycles. The van der Waals surface area contributed by atoms with E-state index in [1.54, 1.807) is 11.0 Å². The summed E-state index contributed by atoms with van der Waals surface area (Å²) in [5, 5.41) is 9.29. The molecule has 32 heavy (non-hydrogen) atoms. The third-order valence-corrected chi connectivity index (χ3v) is 6.10. The predicted octanol–water partition coefficient (Wildman–Crippen LogP) is 2.15. The lowest BCUT2D eigenvalue weighted by atomic mass is 10.0. The van der Waals surface area contributed by atoms with Gasteiger partial charge in [-0.1, -0.05) is 13.8 Å². The van der Waals surface area contributed by atoms with Crippen LogP contribution in [0.5, 0.6) is 0 Å². The molecule has 0 atom stereocenters. The Bertz CT molecular complexity index is 1170. The molecule has 2 fully saturated rings. The fraction of sp³-hybridized carbons (Fsp3) is 0.609. The van der Waals surface area contributed by atoms with Crippen LogP contribution in [0.15, 0.2) is 15.7 Å². The second kappa shape index (κ2) is 9.25. The van der Waals surface area contributed by atoms with E-state index in [1.807, 2.05) is 13.8 Å². The first-order valence-corrected chi connectivity index (χ1v) is 11.3. The van der Waals surface area contributed by atoms with Gasteiger partial charge in [0.15, 0.2) is 5.65 Å². The summed E-state index contributed by atoms with van der Waals surface area (Å²) >= 11 is 0. The second-order valence-corrected chi connectivity index (χ2v) is 9.08. The number of hydrogen-bond acceptors (Lipinski definition) is 6. The fourth-order valence-electron chi connectivity index (χ4n) is 4.36. The average molecular weight is 440 g/mol. The molecule has 0 spiro atoms. The number of carbonyl (C=O) groups is 1. The third kappa shape index (κ3) is 4.46. The summed E-state index contributed by atoms with van der Waals surface area (Å²) in [6.07, 6.45) is 3.52. The van der Waals surface area contributed by atoms with Crippen LogP contribution in [0.2, 0.25) is 0 Å². The molecule has 2 aromatic rings. The van der Waals surface area contributed by atoms with Crippen molar-refractivity contribution in [3.8, 4) is 6.07 Å². The number of rotatable bonds is 7. The lowest BCUT2D eigenvalue weighted by Gasteiger charge is -2.34. The Morgan fingerprint density at radius 2 is 2.03 bits per heavy atom. The molecule has 1 N–H and O–H groups in total. The Labute approximate surface area is 186 Å². The molecule has 1 amide bonds. The highest BCUT2D eigenvalue weighted by Gasteiger charge is 2.32. The number of pyridine rings is 1. The summed E-state index contributed by atoms with van der Waals surface area (Å²) in [7, 11) is 0. The second-order valence-electron chi connectivity index (χ2n) is 9.08. The molecule has 0 radical (unpaired) electrons. The maximum Gasteiger partial charge on any atom is 0.330 e. The van der Waals surface area contributed by atoms with E-state index < -0.39 is 11.2 Å². The highest BCUT2D eigenvalue weighted by molar-refractivity contribution is 6.05. The SMILES string of the molecule is CC(C)Cn1c(=O)[nH]c(=O)c2c(C(=O)N(CCC#N)C3CCOCC3)cc(C3CC3)nc21. The maximum atomic E-state index is 13.8. The van der Waals surface area contributed by atoms with E-state index in [9.17, 15) is 14.4 Å². The minimum atomic E-state index is -0.601. The number of nitrogens with one attached hydrogen (secondary N) is 1. The van der Waals surface area contributed by atoms with Crippen molar-refractivity contribution in [2.75, 3.05) is 19.8 Å². The number of nitriles is 1. The van der Waals surface area contributed by atoms with Crippen LogP contribution >= 0.6 is 0 Å². The molecule has 1 aliphatic carbocycles. The van der Waals surface area contributed by atoms with Crippen LogP contribution in [-0.4, -0.2) is 51.1 Å². The first-order valence-electron chi connectivity index (χ1n) is 11.3. The number of ether oxygens (including phenoxy) is 1. The van der Waals surface area contributed by atoms with Crippen molar-refractivity contribution < 1.29 is 9.53 Å². The Morgan fingerprint density at radius 3 is 2.66 bits per heavy atom. The van der Waals surface area contributed by atoms with E-state index >= 15 is 0 Å². The Kier molecular flexibility index (Phi) is 6.42. The van der Waals surface area contributed by atoms with Gasteiger partial charge < -0.3 is 9.64 Å². The van der Waals surface area contributed by atoms with E-state index in [2.05, 4.69) is 16.0 Å². The van der Waals surface area contributed by atoms with E-state index in [0.29, 0.717) is 32.6 Å². The van der Waals surface area contributed by atoms with Crippen LogP contribution in [0.1, 0.15) is 67.9 Å².